The summed E-state index contributed by atoms with van der Waals surface area (Å²) in [7, 11) is 0. The smallest absolute Gasteiger partial charge is 0.347 e. The molecule has 0 saturated carbocycles. The van der Waals surface area contributed by atoms with E-state index < -0.39 is 12.1 Å². The first-order valence-electron chi connectivity index (χ1n) is 5.91. The van der Waals surface area contributed by atoms with Gasteiger partial charge < -0.3 is 9.47 Å². The normalized spacial score (nSPS) is 23.7. The minimum atomic E-state index is -0.674. The van der Waals surface area contributed by atoms with E-state index in [1.165, 1.54) is 0 Å². The summed E-state index contributed by atoms with van der Waals surface area (Å²) >= 11 is 0. The van der Waals surface area contributed by atoms with Crippen molar-refractivity contribution in [1.82, 2.24) is 0 Å². The highest BCUT2D eigenvalue weighted by Gasteiger charge is 2.31. The average molecular weight is 228 g/mol. The molecule has 1 rings (SSSR count). The quantitative estimate of drug-likeness (QED) is 0.674. The molecule has 3 atom stereocenters. The maximum atomic E-state index is 11.7. The molecular weight excluding hydrogens is 208 g/mol. The first-order valence-corrected chi connectivity index (χ1v) is 5.91. The topological polar surface area (TPSA) is 52.6 Å². The van der Waals surface area contributed by atoms with E-state index in [0.717, 1.165) is 12.8 Å². The lowest BCUT2D eigenvalue weighted by atomic mass is 9.95. The molecule has 0 aromatic heterocycles. The molecular formula is C12H20O4. The third-order valence-electron chi connectivity index (χ3n) is 3.00. The van der Waals surface area contributed by atoms with E-state index in [1.54, 1.807) is 0 Å². The predicted molar refractivity (Wildman–Crippen MR) is 58.7 cm³/mol. The second-order valence-corrected chi connectivity index (χ2v) is 4.53. The Bertz CT molecular complexity index is 262. The van der Waals surface area contributed by atoms with E-state index >= 15 is 0 Å². The van der Waals surface area contributed by atoms with Crippen LogP contribution in [0.5, 0.6) is 0 Å². The molecule has 1 saturated heterocycles. The predicted octanol–water partition coefficient (Wildman–Crippen LogP) is 1.92. The minimum absolute atomic E-state index is 0.150. The maximum Gasteiger partial charge on any atom is 0.347 e. The number of rotatable bonds is 5. The van der Waals surface area contributed by atoms with Crippen LogP contribution in [0.4, 0.5) is 0 Å². The zero-order valence-electron chi connectivity index (χ0n) is 10.2. The summed E-state index contributed by atoms with van der Waals surface area (Å²) < 4.78 is 9.85. The van der Waals surface area contributed by atoms with Gasteiger partial charge in [-0.2, -0.15) is 0 Å². The molecule has 1 aliphatic rings. The van der Waals surface area contributed by atoms with Gasteiger partial charge in [-0.25, -0.2) is 4.79 Å². The summed E-state index contributed by atoms with van der Waals surface area (Å²) in [6.07, 6.45) is 1.66. The van der Waals surface area contributed by atoms with Crippen molar-refractivity contribution < 1.29 is 19.1 Å². The van der Waals surface area contributed by atoms with Crippen molar-refractivity contribution in [2.45, 2.75) is 46.1 Å². The van der Waals surface area contributed by atoms with Crippen LogP contribution >= 0.6 is 0 Å². The van der Waals surface area contributed by atoms with Gasteiger partial charge in [0.25, 0.3) is 0 Å². The van der Waals surface area contributed by atoms with Gasteiger partial charge in [0.2, 0.25) is 6.10 Å². The van der Waals surface area contributed by atoms with Gasteiger partial charge in [-0.05, 0) is 12.3 Å². The third-order valence-corrected chi connectivity index (χ3v) is 3.00. The maximum absolute atomic E-state index is 11.7. The van der Waals surface area contributed by atoms with Gasteiger partial charge in [0.1, 0.15) is 0 Å². The van der Waals surface area contributed by atoms with Crippen molar-refractivity contribution in [3.05, 3.63) is 0 Å². The Morgan fingerprint density at radius 2 is 2.25 bits per heavy atom. The van der Waals surface area contributed by atoms with E-state index in [0.29, 0.717) is 18.9 Å². The number of ether oxygens (including phenoxy) is 2. The highest BCUT2D eigenvalue weighted by molar-refractivity contribution is 5.81. The van der Waals surface area contributed by atoms with Gasteiger partial charge in [-0.3, -0.25) is 4.79 Å². The summed E-state index contributed by atoms with van der Waals surface area (Å²) in [5, 5.41) is 0. The first kappa shape index (κ1) is 13.0. The van der Waals surface area contributed by atoms with Crippen LogP contribution in [0.25, 0.3) is 0 Å². The summed E-state index contributed by atoms with van der Waals surface area (Å²) in [6.45, 7) is 6.40. The van der Waals surface area contributed by atoms with Crippen molar-refractivity contribution in [3.63, 3.8) is 0 Å². The summed E-state index contributed by atoms with van der Waals surface area (Å²) in [6, 6.07) is 0. The molecule has 3 unspecified atom stereocenters. The van der Waals surface area contributed by atoms with E-state index in [2.05, 4.69) is 13.8 Å². The fraction of sp³-hybridized carbons (Fsp3) is 0.833. The number of carbonyl (C=O) groups is 2. The molecule has 0 aromatic carbocycles. The van der Waals surface area contributed by atoms with Crippen LogP contribution in [0.2, 0.25) is 0 Å². The molecule has 0 spiro atoms. The Labute approximate surface area is 96.3 Å². The molecule has 4 heteroatoms. The number of cyclic esters (lactones) is 1. The van der Waals surface area contributed by atoms with E-state index in [9.17, 15) is 9.59 Å². The van der Waals surface area contributed by atoms with Crippen LogP contribution < -0.4 is 0 Å². The van der Waals surface area contributed by atoms with Crippen LogP contribution in [0.1, 0.15) is 40.0 Å². The number of hydrogen-bond donors (Lipinski definition) is 0. The van der Waals surface area contributed by atoms with E-state index in [-0.39, 0.29) is 11.9 Å². The van der Waals surface area contributed by atoms with Gasteiger partial charge in [0.15, 0.2) is 0 Å². The molecule has 0 amide bonds. The molecule has 16 heavy (non-hydrogen) atoms. The minimum Gasteiger partial charge on any atom is -0.463 e. The lowest BCUT2D eigenvalue weighted by Crippen LogP contribution is -2.26. The van der Waals surface area contributed by atoms with Crippen LogP contribution in [0, 0.1) is 11.8 Å². The highest BCUT2D eigenvalue weighted by atomic mass is 16.6. The van der Waals surface area contributed by atoms with Crippen molar-refractivity contribution in [1.29, 1.82) is 0 Å². The van der Waals surface area contributed by atoms with Crippen LogP contribution in [-0.4, -0.2) is 24.6 Å². The monoisotopic (exact) mass is 228 g/mol. The number of esters is 2. The molecule has 1 fully saturated rings. The molecule has 0 bridgehead atoms. The Kier molecular flexibility index (Phi) is 4.77. The largest absolute Gasteiger partial charge is 0.463 e. The van der Waals surface area contributed by atoms with Crippen molar-refractivity contribution in [2.24, 2.45) is 11.8 Å². The van der Waals surface area contributed by atoms with Crippen molar-refractivity contribution in [3.8, 4) is 0 Å². The third kappa shape index (κ3) is 3.51. The Morgan fingerprint density at radius 1 is 1.56 bits per heavy atom. The van der Waals surface area contributed by atoms with Crippen LogP contribution in [-0.2, 0) is 19.1 Å². The molecule has 0 N–H and O–H groups in total. The Morgan fingerprint density at radius 3 is 2.75 bits per heavy atom. The lowest BCUT2D eigenvalue weighted by Gasteiger charge is -2.16. The Hall–Kier alpha value is -1.06. The highest BCUT2D eigenvalue weighted by Crippen LogP contribution is 2.18. The van der Waals surface area contributed by atoms with Crippen molar-refractivity contribution >= 4 is 11.9 Å². The fourth-order valence-corrected chi connectivity index (χ4v) is 1.71. The number of hydrogen-bond acceptors (Lipinski definition) is 4. The summed E-state index contributed by atoms with van der Waals surface area (Å²) in [4.78, 5) is 22.8. The standard InChI is InChI=1S/C12H20O4/c1-4-8(2)7-9(3)11(13)16-10-5-6-15-12(10)14/h8-10H,4-7H2,1-3H3. The van der Waals surface area contributed by atoms with E-state index in [1.807, 2.05) is 6.92 Å². The summed E-state index contributed by atoms with van der Waals surface area (Å²) in [5.74, 6) is -0.352. The van der Waals surface area contributed by atoms with Gasteiger partial charge in [0, 0.05) is 6.42 Å². The second-order valence-electron chi connectivity index (χ2n) is 4.53. The SMILES string of the molecule is CCC(C)CC(C)C(=O)OC1CCOC1=O. The van der Waals surface area contributed by atoms with Crippen molar-refractivity contribution in [2.75, 3.05) is 6.61 Å². The fourth-order valence-electron chi connectivity index (χ4n) is 1.71. The molecule has 4 nitrogen and oxygen atoms in total. The molecule has 1 aliphatic heterocycles. The summed E-state index contributed by atoms with van der Waals surface area (Å²) in [5.41, 5.74) is 0. The van der Waals surface area contributed by atoms with Gasteiger partial charge in [0.05, 0.1) is 12.5 Å². The zero-order chi connectivity index (χ0) is 12.1. The molecule has 0 aromatic rings. The zero-order valence-corrected chi connectivity index (χ0v) is 10.2. The molecule has 0 radical (unpaired) electrons. The average Bonchev–Trinajstić information content (AvgIpc) is 2.64. The second kappa shape index (κ2) is 5.87. The van der Waals surface area contributed by atoms with Crippen LogP contribution in [0.15, 0.2) is 0 Å². The van der Waals surface area contributed by atoms with E-state index in [4.69, 9.17) is 9.47 Å². The van der Waals surface area contributed by atoms with Gasteiger partial charge in [-0.15, -0.1) is 0 Å². The van der Waals surface area contributed by atoms with Crippen LogP contribution in [0.3, 0.4) is 0 Å². The van der Waals surface area contributed by atoms with Gasteiger partial charge in [-0.1, -0.05) is 27.2 Å². The lowest BCUT2D eigenvalue weighted by molar-refractivity contribution is -0.163. The van der Waals surface area contributed by atoms with Gasteiger partial charge >= 0.3 is 11.9 Å². The number of carbonyl (C=O) groups excluding carboxylic acids is 2. The Balaban J connectivity index is 2.36. The molecule has 0 aliphatic carbocycles. The molecule has 1 heterocycles. The molecule has 92 valence electrons. The first-order chi connectivity index (χ1) is 7.54.